The van der Waals surface area contributed by atoms with Gasteiger partial charge in [0.1, 0.15) is 24.4 Å². The average molecular weight is 964 g/mol. The summed E-state index contributed by atoms with van der Waals surface area (Å²) in [5.41, 5.74) is 0. The minimum absolute atomic E-state index is 0.104. The standard InChI is InChI=1S/C57H105NO10/c1-4-7-10-13-16-19-22-25-27-29-32-35-38-41-44-50(61)56(65)58-48(49(60)43-40-37-34-31-28-24-21-18-15-12-9-6-3)47-66-57-55(54(64)53(63)51(46-59)67-57)68-52(62)45-42-39-36-33-30-26-23-20-17-14-11-8-5-2/h19,22,26,30,40,43,48-51,53-55,57,59-61,63-64H,4-18,20-21,23-25,27-29,31-39,41-42,44-47H2,1-3H3,(H,58,65)/b22-19-,30-26-,43-40+. The molecule has 0 aliphatic carbocycles. The fraction of sp³-hybridized carbons (Fsp3) is 0.860. The number of amides is 1. The van der Waals surface area contributed by atoms with Gasteiger partial charge < -0.3 is 45.1 Å². The van der Waals surface area contributed by atoms with Crippen molar-refractivity contribution in [2.45, 2.75) is 301 Å². The molecule has 1 amide bonds. The molecule has 11 heteroatoms. The molecule has 6 N–H and O–H groups in total. The van der Waals surface area contributed by atoms with Gasteiger partial charge in [-0.1, -0.05) is 205 Å². The molecule has 398 valence electrons. The van der Waals surface area contributed by atoms with Crippen molar-refractivity contribution < 1.29 is 49.3 Å². The highest BCUT2D eigenvalue weighted by molar-refractivity contribution is 5.80. The minimum Gasteiger partial charge on any atom is -0.454 e. The third-order valence-corrected chi connectivity index (χ3v) is 13.3. The van der Waals surface area contributed by atoms with Crippen molar-refractivity contribution in [2.75, 3.05) is 13.2 Å². The van der Waals surface area contributed by atoms with Crippen molar-refractivity contribution in [1.29, 1.82) is 0 Å². The Morgan fingerprint density at radius 2 is 0.971 bits per heavy atom. The number of hydrogen-bond donors (Lipinski definition) is 6. The summed E-state index contributed by atoms with van der Waals surface area (Å²) in [4.78, 5) is 26.4. The summed E-state index contributed by atoms with van der Waals surface area (Å²) in [5.74, 6) is -1.21. The molecule has 8 unspecified atom stereocenters. The van der Waals surface area contributed by atoms with E-state index in [0.717, 1.165) is 77.0 Å². The lowest BCUT2D eigenvalue weighted by Crippen LogP contribution is -2.61. The normalized spacial score (nSPS) is 20.1. The van der Waals surface area contributed by atoms with Gasteiger partial charge in [0.2, 0.25) is 5.91 Å². The van der Waals surface area contributed by atoms with Gasteiger partial charge in [0.05, 0.1) is 25.4 Å². The van der Waals surface area contributed by atoms with E-state index in [1.807, 2.05) is 6.08 Å². The Kier molecular flexibility index (Phi) is 43.2. The van der Waals surface area contributed by atoms with Crippen LogP contribution in [0.15, 0.2) is 36.5 Å². The van der Waals surface area contributed by atoms with Crippen LogP contribution in [0, 0.1) is 0 Å². The van der Waals surface area contributed by atoms with Crippen LogP contribution in [0.3, 0.4) is 0 Å². The van der Waals surface area contributed by atoms with E-state index in [1.165, 1.54) is 128 Å². The van der Waals surface area contributed by atoms with E-state index in [9.17, 15) is 35.1 Å². The first-order valence-electron chi connectivity index (χ1n) is 28.3. The highest BCUT2D eigenvalue weighted by atomic mass is 16.7. The largest absolute Gasteiger partial charge is 0.454 e. The first-order valence-corrected chi connectivity index (χ1v) is 28.3. The zero-order chi connectivity index (χ0) is 49.7. The molecule has 11 nitrogen and oxygen atoms in total. The predicted octanol–water partition coefficient (Wildman–Crippen LogP) is 12.3. The van der Waals surface area contributed by atoms with Crippen LogP contribution in [0.1, 0.15) is 252 Å². The molecule has 0 aromatic rings. The van der Waals surface area contributed by atoms with Gasteiger partial charge in [-0.25, -0.2) is 0 Å². The Labute approximate surface area is 415 Å². The van der Waals surface area contributed by atoms with E-state index >= 15 is 0 Å². The third-order valence-electron chi connectivity index (χ3n) is 13.3. The maximum atomic E-state index is 13.3. The first-order chi connectivity index (χ1) is 33.2. The molecule has 1 aliphatic heterocycles. The number of unbranched alkanes of at least 4 members (excludes halogenated alkanes) is 29. The lowest BCUT2D eigenvalue weighted by atomic mass is 9.99. The zero-order valence-corrected chi connectivity index (χ0v) is 43.7. The van der Waals surface area contributed by atoms with Gasteiger partial charge in [0.15, 0.2) is 12.4 Å². The fourth-order valence-corrected chi connectivity index (χ4v) is 8.70. The summed E-state index contributed by atoms with van der Waals surface area (Å²) in [5, 5.41) is 56.7. The summed E-state index contributed by atoms with van der Waals surface area (Å²) in [6.45, 7) is 5.74. The molecule has 1 fully saturated rings. The number of ether oxygens (including phenoxy) is 3. The molecule has 1 rings (SSSR count). The van der Waals surface area contributed by atoms with Gasteiger partial charge in [0, 0.05) is 6.42 Å². The Hall–Kier alpha value is -2.12. The second-order valence-electron chi connectivity index (χ2n) is 19.7. The van der Waals surface area contributed by atoms with Crippen molar-refractivity contribution in [3.63, 3.8) is 0 Å². The quantitative estimate of drug-likeness (QED) is 0.0196. The van der Waals surface area contributed by atoms with Crippen LogP contribution >= 0.6 is 0 Å². The maximum Gasteiger partial charge on any atom is 0.306 e. The molecule has 0 radical (unpaired) electrons. The second-order valence-corrected chi connectivity index (χ2v) is 19.7. The highest BCUT2D eigenvalue weighted by Crippen LogP contribution is 2.26. The Morgan fingerprint density at radius 1 is 0.559 bits per heavy atom. The van der Waals surface area contributed by atoms with Crippen LogP contribution in [-0.4, -0.2) is 99.6 Å². The monoisotopic (exact) mass is 964 g/mol. The third kappa shape index (κ3) is 34.2. The predicted molar refractivity (Wildman–Crippen MR) is 278 cm³/mol. The molecular weight excluding hydrogens is 859 g/mol. The van der Waals surface area contributed by atoms with Gasteiger partial charge in [-0.05, 0) is 77.0 Å². The maximum absolute atomic E-state index is 13.3. The summed E-state index contributed by atoms with van der Waals surface area (Å²) in [7, 11) is 0. The first kappa shape index (κ1) is 63.9. The molecule has 68 heavy (non-hydrogen) atoms. The number of allylic oxidation sites excluding steroid dienone is 5. The summed E-state index contributed by atoms with van der Waals surface area (Å²) < 4.78 is 17.5. The number of aliphatic hydroxyl groups is 5. The van der Waals surface area contributed by atoms with Gasteiger partial charge in [-0.2, -0.15) is 0 Å². The van der Waals surface area contributed by atoms with Crippen LogP contribution < -0.4 is 5.32 Å². The van der Waals surface area contributed by atoms with Crippen molar-refractivity contribution in [1.82, 2.24) is 5.32 Å². The van der Waals surface area contributed by atoms with E-state index in [-0.39, 0.29) is 19.4 Å². The molecule has 0 saturated carbocycles. The molecule has 1 aliphatic rings. The summed E-state index contributed by atoms with van der Waals surface area (Å²) in [6, 6.07) is -1.03. The number of rotatable bonds is 47. The van der Waals surface area contributed by atoms with E-state index in [1.54, 1.807) is 6.08 Å². The molecule has 0 aromatic heterocycles. The number of carbonyl (C=O) groups is 2. The second kappa shape index (κ2) is 46.0. The SMILES string of the molecule is CCCCCC/C=C\CCCCCCCCC(O)C(=O)NC(COC1OC(CO)C(O)C(O)C1OC(=O)CCCCC/C=C\CCCCCCCC)C(O)/C=C/CCCCCCCCCCCC. The van der Waals surface area contributed by atoms with Gasteiger partial charge in [-0.3, -0.25) is 9.59 Å². The minimum atomic E-state index is -1.62. The fourth-order valence-electron chi connectivity index (χ4n) is 8.70. The van der Waals surface area contributed by atoms with E-state index < -0.39 is 67.4 Å². The van der Waals surface area contributed by atoms with Crippen LogP contribution in [0.5, 0.6) is 0 Å². The van der Waals surface area contributed by atoms with Gasteiger partial charge in [0.25, 0.3) is 0 Å². The lowest BCUT2D eigenvalue weighted by Gasteiger charge is -2.41. The van der Waals surface area contributed by atoms with Gasteiger partial charge >= 0.3 is 5.97 Å². The number of nitrogens with one attached hydrogen (secondary N) is 1. The molecule has 0 bridgehead atoms. The topological polar surface area (TPSA) is 175 Å². The van der Waals surface area contributed by atoms with E-state index in [4.69, 9.17) is 14.2 Å². The summed E-state index contributed by atoms with van der Waals surface area (Å²) in [6.07, 6.45) is 41.9. The summed E-state index contributed by atoms with van der Waals surface area (Å²) >= 11 is 0. The van der Waals surface area contributed by atoms with Crippen molar-refractivity contribution in [3.05, 3.63) is 36.5 Å². The molecule has 0 aromatic carbocycles. The Balaban J connectivity index is 2.76. The molecule has 0 spiro atoms. The Morgan fingerprint density at radius 3 is 1.44 bits per heavy atom. The zero-order valence-electron chi connectivity index (χ0n) is 43.7. The van der Waals surface area contributed by atoms with Crippen LogP contribution in [0.25, 0.3) is 0 Å². The molecule has 8 atom stereocenters. The number of carbonyl (C=O) groups excluding carboxylic acids is 2. The molecular formula is C57H105NO10. The van der Waals surface area contributed by atoms with Crippen LogP contribution in [-0.2, 0) is 23.8 Å². The Bertz CT molecular complexity index is 1240. The van der Waals surface area contributed by atoms with Crippen LogP contribution in [0.2, 0.25) is 0 Å². The van der Waals surface area contributed by atoms with E-state index in [2.05, 4.69) is 50.4 Å². The molecule has 1 heterocycles. The van der Waals surface area contributed by atoms with Crippen molar-refractivity contribution in [2.24, 2.45) is 0 Å². The lowest BCUT2D eigenvalue weighted by molar-refractivity contribution is -0.305. The van der Waals surface area contributed by atoms with Crippen molar-refractivity contribution in [3.8, 4) is 0 Å². The number of hydrogen-bond acceptors (Lipinski definition) is 10. The van der Waals surface area contributed by atoms with Gasteiger partial charge in [-0.15, -0.1) is 0 Å². The van der Waals surface area contributed by atoms with E-state index in [0.29, 0.717) is 12.8 Å². The van der Waals surface area contributed by atoms with Crippen molar-refractivity contribution >= 4 is 11.9 Å². The number of aliphatic hydroxyl groups excluding tert-OH is 5. The highest BCUT2D eigenvalue weighted by Gasteiger charge is 2.47. The smallest absolute Gasteiger partial charge is 0.306 e. The average Bonchev–Trinajstić information content (AvgIpc) is 3.33. The van der Waals surface area contributed by atoms with Crippen LogP contribution in [0.4, 0.5) is 0 Å². The number of esters is 1. The molecule has 1 saturated heterocycles.